The fourth-order valence-electron chi connectivity index (χ4n) is 4.32. The van der Waals surface area contributed by atoms with Gasteiger partial charge in [-0.2, -0.15) is 0 Å². The van der Waals surface area contributed by atoms with Gasteiger partial charge in [-0.05, 0) is 24.6 Å². The SMILES string of the molecule is CC=C1C(OC2OC(CO)C(O)C(O)C2O)OC=C(C(=O)OC)C1CC(=O)OCCc1ccc(OC)c(O)c1. The van der Waals surface area contributed by atoms with Crippen molar-refractivity contribution in [1.82, 2.24) is 0 Å². The van der Waals surface area contributed by atoms with Crippen molar-refractivity contribution in [2.24, 2.45) is 5.92 Å². The molecule has 7 atom stereocenters. The summed E-state index contributed by atoms with van der Waals surface area (Å²) in [5, 5.41) is 49.7. The molecule has 0 aromatic heterocycles. The predicted octanol–water partition coefficient (Wildman–Crippen LogP) is -0.331. The Morgan fingerprint density at radius 3 is 2.46 bits per heavy atom. The standard InChI is InChI=1S/C26H34O13/c1-4-14-15(10-20(29)36-8-7-13-5-6-18(34-2)17(28)9-13)16(24(33)35-3)12-37-25(14)39-26-23(32)22(31)21(30)19(11-27)38-26/h4-6,9,12,15,19,21-23,25-28,30-32H,7-8,10-11H2,1-3H3. The summed E-state index contributed by atoms with van der Waals surface area (Å²) in [6, 6.07) is 4.82. The van der Waals surface area contributed by atoms with Gasteiger partial charge in [0.25, 0.3) is 0 Å². The quantitative estimate of drug-likeness (QED) is 0.187. The number of carbonyl (C=O) groups excluding carboxylic acids is 2. The van der Waals surface area contributed by atoms with Crippen LogP contribution in [0.15, 0.2) is 41.7 Å². The number of hydrogen-bond acceptors (Lipinski definition) is 13. The van der Waals surface area contributed by atoms with E-state index in [-0.39, 0.29) is 24.4 Å². The maximum absolute atomic E-state index is 12.8. The summed E-state index contributed by atoms with van der Waals surface area (Å²) < 4.78 is 31.8. The summed E-state index contributed by atoms with van der Waals surface area (Å²) in [5.74, 6) is -1.99. The minimum atomic E-state index is -1.68. The van der Waals surface area contributed by atoms with Gasteiger partial charge in [0, 0.05) is 17.9 Å². The number of phenols is 1. The molecule has 2 heterocycles. The van der Waals surface area contributed by atoms with Gasteiger partial charge in [0.15, 0.2) is 17.8 Å². The van der Waals surface area contributed by atoms with Crippen molar-refractivity contribution in [3.63, 3.8) is 0 Å². The first-order valence-electron chi connectivity index (χ1n) is 12.2. The highest BCUT2D eigenvalue weighted by Gasteiger charge is 2.46. The molecule has 0 saturated carbocycles. The largest absolute Gasteiger partial charge is 0.504 e. The first kappa shape index (κ1) is 30.3. The molecular formula is C26H34O13. The van der Waals surface area contributed by atoms with Crippen LogP contribution in [0.2, 0.25) is 0 Å². The summed E-state index contributed by atoms with van der Waals surface area (Å²) in [4.78, 5) is 25.2. The second-order valence-corrected chi connectivity index (χ2v) is 8.89. The minimum Gasteiger partial charge on any atom is -0.504 e. The molecule has 0 radical (unpaired) electrons. The summed E-state index contributed by atoms with van der Waals surface area (Å²) in [6.07, 6.45) is -6.24. The van der Waals surface area contributed by atoms with Gasteiger partial charge in [-0.25, -0.2) is 4.79 Å². The molecule has 3 rings (SSSR count). The lowest BCUT2D eigenvalue weighted by Gasteiger charge is -2.41. The minimum absolute atomic E-state index is 0.00106. The Hall–Kier alpha value is -3.20. The molecule has 0 aliphatic carbocycles. The highest BCUT2D eigenvalue weighted by atomic mass is 16.8. The molecule has 13 nitrogen and oxygen atoms in total. The monoisotopic (exact) mass is 554 g/mol. The van der Waals surface area contributed by atoms with Gasteiger partial charge in [0.2, 0.25) is 6.29 Å². The van der Waals surface area contributed by atoms with E-state index in [1.54, 1.807) is 25.1 Å². The van der Waals surface area contributed by atoms with E-state index in [0.29, 0.717) is 23.3 Å². The molecular weight excluding hydrogens is 520 g/mol. The Bertz CT molecular complexity index is 1070. The normalized spacial score (nSPS) is 29.8. The van der Waals surface area contributed by atoms with Gasteiger partial charge >= 0.3 is 11.9 Å². The van der Waals surface area contributed by atoms with Crippen LogP contribution in [0.3, 0.4) is 0 Å². The van der Waals surface area contributed by atoms with Gasteiger partial charge in [-0.15, -0.1) is 0 Å². The van der Waals surface area contributed by atoms with E-state index in [9.17, 15) is 35.1 Å². The maximum Gasteiger partial charge on any atom is 0.337 e. The predicted molar refractivity (Wildman–Crippen MR) is 131 cm³/mol. The van der Waals surface area contributed by atoms with E-state index in [4.69, 9.17) is 28.4 Å². The van der Waals surface area contributed by atoms with Crippen molar-refractivity contribution in [1.29, 1.82) is 0 Å². The van der Waals surface area contributed by atoms with E-state index >= 15 is 0 Å². The van der Waals surface area contributed by atoms with Crippen LogP contribution >= 0.6 is 0 Å². The van der Waals surface area contributed by atoms with E-state index in [1.165, 1.54) is 20.3 Å². The third-order valence-electron chi connectivity index (χ3n) is 6.50. The molecule has 39 heavy (non-hydrogen) atoms. The Balaban J connectivity index is 1.70. The van der Waals surface area contributed by atoms with Crippen LogP contribution in [0, 0.1) is 5.92 Å². The molecule has 13 heteroatoms. The number of allylic oxidation sites excluding steroid dienone is 1. The van der Waals surface area contributed by atoms with Crippen molar-refractivity contribution < 1.29 is 63.5 Å². The number of benzene rings is 1. The first-order valence-corrected chi connectivity index (χ1v) is 12.2. The van der Waals surface area contributed by atoms with Gasteiger partial charge in [-0.1, -0.05) is 12.1 Å². The van der Waals surface area contributed by atoms with Gasteiger partial charge in [0.1, 0.15) is 24.4 Å². The molecule has 1 aromatic rings. The number of rotatable bonds is 10. The number of phenolic OH excluding ortho intramolecular Hbond substituents is 1. The van der Waals surface area contributed by atoms with Gasteiger partial charge < -0.3 is 54.0 Å². The molecule has 1 aromatic carbocycles. The average Bonchev–Trinajstić information content (AvgIpc) is 2.93. The summed E-state index contributed by atoms with van der Waals surface area (Å²) in [5.41, 5.74) is 1.05. The first-order chi connectivity index (χ1) is 18.6. The average molecular weight is 555 g/mol. The van der Waals surface area contributed by atoms with Crippen molar-refractivity contribution in [2.45, 2.75) is 56.8 Å². The van der Waals surface area contributed by atoms with E-state index < -0.39 is 61.5 Å². The topological polar surface area (TPSA) is 191 Å². The zero-order valence-corrected chi connectivity index (χ0v) is 21.8. The number of esters is 2. The van der Waals surface area contributed by atoms with E-state index in [1.807, 2.05) is 0 Å². The van der Waals surface area contributed by atoms with Crippen molar-refractivity contribution >= 4 is 11.9 Å². The molecule has 1 saturated heterocycles. The Labute approximate surface area is 224 Å². The van der Waals surface area contributed by atoms with E-state index in [2.05, 4.69) is 0 Å². The van der Waals surface area contributed by atoms with Crippen LogP contribution in [0.5, 0.6) is 11.5 Å². The van der Waals surface area contributed by atoms with Crippen LogP contribution in [-0.4, -0.2) is 102 Å². The lowest BCUT2D eigenvalue weighted by Crippen LogP contribution is -2.60. The fraction of sp³-hybridized carbons (Fsp3) is 0.538. The number of ether oxygens (including phenoxy) is 6. The molecule has 2 aliphatic heterocycles. The zero-order chi connectivity index (χ0) is 28.7. The van der Waals surface area contributed by atoms with Gasteiger partial charge in [-0.3, -0.25) is 4.79 Å². The molecule has 1 fully saturated rings. The molecule has 0 bridgehead atoms. The number of aliphatic hydroxyl groups excluding tert-OH is 4. The number of methoxy groups -OCH3 is 2. The van der Waals surface area contributed by atoms with Gasteiger partial charge in [0.05, 0.1) is 45.7 Å². The Morgan fingerprint density at radius 1 is 1.10 bits per heavy atom. The molecule has 7 unspecified atom stereocenters. The molecule has 5 N–H and O–H groups in total. The third-order valence-corrected chi connectivity index (χ3v) is 6.50. The molecule has 216 valence electrons. The maximum atomic E-state index is 12.8. The number of carbonyl (C=O) groups is 2. The summed E-state index contributed by atoms with van der Waals surface area (Å²) >= 11 is 0. The van der Waals surface area contributed by atoms with Crippen LogP contribution in [0.4, 0.5) is 0 Å². The third kappa shape index (κ3) is 7.06. The second kappa shape index (κ2) is 13.7. The van der Waals surface area contributed by atoms with Crippen molar-refractivity contribution in [3.8, 4) is 11.5 Å². The van der Waals surface area contributed by atoms with Crippen LogP contribution < -0.4 is 4.74 Å². The van der Waals surface area contributed by atoms with Crippen LogP contribution in [-0.2, 0) is 39.7 Å². The zero-order valence-electron chi connectivity index (χ0n) is 21.8. The fourth-order valence-corrected chi connectivity index (χ4v) is 4.32. The highest BCUT2D eigenvalue weighted by molar-refractivity contribution is 5.90. The number of aromatic hydroxyl groups is 1. The van der Waals surface area contributed by atoms with Crippen LogP contribution in [0.1, 0.15) is 18.9 Å². The Kier molecular flexibility index (Phi) is 10.7. The van der Waals surface area contributed by atoms with Crippen LogP contribution in [0.25, 0.3) is 0 Å². The molecule has 0 spiro atoms. The second-order valence-electron chi connectivity index (χ2n) is 8.89. The Morgan fingerprint density at radius 2 is 1.85 bits per heavy atom. The summed E-state index contributed by atoms with van der Waals surface area (Å²) in [7, 11) is 2.61. The smallest absolute Gasteiger partial charge is 0.337 e. The van der Waals surface area contributed by atoms with E-state index in [0.717, 1.165) is 6.26 Å². The highest BCUT2D eigenvalue weighted by Crippen LogP contribution is 2.36. The number of aliphatic hydroxyl groups is 4. The lowest BCUT2D eigenvalue weighted by atomic mass is 9.86. The number of hydrogen-bond donors (Lipinski definition) is 5. The summed E-state index contributed by atoms with van der Waals surface area (Å²) in [6.45, 7) is 0.974. The van der Waals surface area contributed by atoms with Crippen molar-refractivity contribution in [3.05, 3.63) is 47.2 Å². The molecule has 0 amide bonds. The lowest BCUT2D eigenvalue weighted by molar-refractivity contribution is -0.327. The van der Waals surface area contributed by atoms with Crippen molar-refractivity contribution in [2.75, 3.05) is 27.4 Å². The molecule has 2 aliphatic rings.